The van der Waals surface area contributed by atoms with Crippen molar-refractivity contribution in [3.05, 3.63) is 71.8 Å². The van der Waals surface area contributed by atoms with E-state index in [4.69, 9.17) is 16.6 Å². The van der Waals surface area contributed by atoms with Crippen LogP contribution in [0.25, 0.3) is 0 Å². The number of hydrogen-bond donors (Lipinski definition) is 6. The van der Waals surface area contributed by atoms with Crippen molar-refractivity contribution in [3.63, 3.8) is 0 Å². The number of carboxylic acids is 1. The molecular weight excluding hydrogens is 466 g/mol. The summed E-state index contributed by atoms with van der Waals surface area (Å²) in [5.74, 6) is -4.42. The average molecular weight is 498 g/mol. The molecule has 8 N–H and O–H groups in total. The number of primary amides is 1. The summed E-state index contributed by atoms with van der Waals surface area (Å²) in [5, 5.41) is 16.3. The molecule has 192 valence electrons. The van der Waals surface area contributed by atoms with Crippen LogP contribution in [-0.4, -0.2) is 58.9 Å². The maximum Gasteiger partial charge on any atom is 0.325 e. The SMILES string of the molecule is CC(NC(=O)C(CC(N)=O)NC(=O)C(Cc1ccccc1)NC(=O)C(N)Cc1ccccc1)C(=O)O. The fraction of sp³-hybridized carbons (Fsp3) is 0.320. The fourth-order valence-electron chi connectivity index (χ4n) is 3.36. The monoisotopic (exact) mass is 497 g/mol. The molecule has 2 aromatic carbocycles. The van der Waals surface area contributed by atoms with E-state index in [0.717, 1.165) is 11.1 Å². The zero-order valence-corrected chi connectivity index (χ0v) is 19.8. The van der Waals surface area contributed by atoms with Gasteiger partial charge in [0.1, 0.15) is 18.1 Å². The van der Waals surface area contributed by atoms with Crippen LogP contribution in [0.1, 0.15) is 24.5 Å². The van der Waals surface area contributed by atoms with Crippen molar-refractivity contribution in [1.29, 1.82) is 0 Å². The Balaban J connectivity index is 2.19. The summed E-state index contributed by atoms with van der Waals surface area (Å²) < 4.78 is 0. The van der Waals surface area contributed by atoms with Crippen molar-refractivity contribution in [2.45, 2.75) is 50.4 Å². The predicted octanol–water partition coefficient (Wildman–Crippen LogP) is -0.767. The molecule has 0 aliphatic carbocycles. The molecule has 0 saturated heterocycles. The molecule has 4 atom stereocenters. The third-order valence-electron chi connectivity index (χ3n) is 5.32. The number of benzene rings is 2. The summed E-state index contributed by atoms with van der Waals surface area (Å²) in [5.41, 5.74) is 12.9. The van der Waals surface area contributed by atoms with Gasteiger partial charge in [-0.3, -0.25) is 24.0 Å². The first-order chi connectivity index (χ1) is 17.1. The molecule has 2 rings (SSSR count). The van der Waals surface area contributed by atoms with Crippen LogP contribution < -0.4 is 27.4 Å². The molecule has 0 radical (unpaired) electrons. The second kappa shape index (κ2) is 13.6. The smallest absolute Gasteiger partial charge is 0.325 e. The van der Waals surface area contributed by atoms with Crippen LogP contribution in [0.15, 0.2) is 60.7 Å². The molecule has 36 heavy (non-hydrogen) atoms. The topological polar surface area (TPSA) is 194 Å². The van der Waals surface area contributed by atoms with E-state index in [-0.39, 0.29) is 12.8 Å². The van der Waals surface area contributed by atoms with Crippen molar-refractivity contribution >= 4 is 29.6 Å². The molecule has 0 aliphatic heterocycles. The van der Waals surface area contributed by atoms with Crippen molar-refractivity contribution in [2.75, 3.05) is 0 Å². The van der Waals surface area contributed by atoms with Crippen LogP contribution in [0.4, 0.5) is 0 Å². The molecule has 2 aromatic rings. The van der Waals surface area contributed by atoms with E-state index in [9.17, 15) is 24.0 Å². The molecule has 4 amide bonds. The lowest BCUT2D eigenvalue weighted by atomic mass is 10.0. The zero-order chi connectivity index (χ0) is 26.7. The van der Waals surface area contributed by atoms with E-state index in [1.54, 1.807) is 30.3 Å². The Hall–Kier alpha value is -4.25. The number of nitrogens with two attached hydrogens (primary N) is 2. The minimum Gasteiger partial charge on any atom is -0.480 e. The first-order valence-corrected chi connectivity index (χ1v) is 11.3. The van der Waals surface area contributed by atoms with Gasteiger partial charge in [-0.1, -0.05) is 60.7 Å². The summed E-state index contributed by atoms with van der Waals surface area (Å²) in [6.45, 7) is 1.23. The number of nitrogens with one attached hydrogen (secondary N) is 3. The maximum absolute atomic E-state index is 13.2. The van der Waals surface area contributed by atoms with Crippen molar-refractivity contribution in [3.8, 4) is 0 Å². The van der Waals surface area contributed by atoms with Crippen LogP contribution >= 0.6 is 0 Å². The van der Waals surface area contributed by atoms with Gasteiger partial charge in [0.05, 0.1) is 12.5 Å². The van der Waals surface area contributed by atoms with E-state index in [2.05, 4.69) is 16.0 Å². The van der Waals surface area contributed by atoms with Crippen LogP contribution in [0.2, 0.25) is 0 Å². The number of rotatable bonds is 13. The second-order valence-electron chi connectivity index (χ2n) is 8.35. The van der Waals surface area contributed by atoms with Crippen LogP contribution in [0.5, 0.6) is 0 Å². The minimum absolute atomic E-state index is 0.0763. The molecule has 11 heteroatoms. The first kappa shape index (κ1) is 28.0. The van der Waals surface area contributed by atoms with Gasteiger partial charge in [0.15, 0.2) is 0 Å². The molecule has 0 aliphatic rings. The van der Waals surface area contributed by atoms with Crippen LogP contribution in [0, 0.1) is 0 Å². The third-order valence-corrected chi connectivity index (χ3v) is 5.32. The Bertz CT molecular complexity index is 1060. The van der Waals surface area contributed by atoms with Gasteiger partial charge < -0.3 is 32.5 Å². The highest BCUT2D eigenvalue weighted by Crippen LogP contribution is 2.07. The van der Waals surface area contributed by atoms with Crippen LogP contribution in [-0.2, 0) is 36.8 Å². The van der Waals surface area contributed by atoms with Gasteiger partial charge in [0.25, 0.3) is 0 Å². The van der Waals surface area contributed by atoms with Crippen molar-refractivity contribution in [1.82, 2.24) is 16.0 Å². The largest absolute Gasteiger partial charge is 0.480 e. The van der Waals surface area contributed by atoms with Gasteiger partial charge in [-0.25, -0.2) is 0 Å². The molecule has 4 unspecified atom stereocenters. The molecule has 0 spiro atoms. The first-order valence-electron chi connectivity index (χ1n) is 11.3. The summed E-state index contributed by atoms with van der Waals surface area (Å²) in [4.78, 5) is 61.1. The van der Waals surface area contributed by atoms with Crippen molar-refractivity contribution in [2.24, 2.45) is 11.5 Å². The normalized spacial score (nSPS) is 13.9. The number of aliphatic carboxylic acids is 1. The quantitative estimate of drug-likeness (QED) is 0.209. The molecular formula is C25H31N5O6. The highest BCUT2D eigenvalue weighted by atomic mass is 16.4. The Kier molecular flexibility index (Phi) is 10.6. The Morgan fingerprint density at radius 1 is 0.750 bits per heavy atom. The van der Waals surface area contributed by atoms with E-state index in [1.807, 2.05) is 30.3 Å². The lowest BCUT2D eigenvalue weighted by Crippen LogP contribution is -2.58. The molecule has 11 nitrogen and oxygen atoms in total. The maximum atomic E-state index is 13.2. The summed E-state index contributed by atoms with van der Waals surface area (Å²) >= 11 is 0. The Morgan fingerprint density at radius 2 is 1.22 bits per heavy atom. The van der Waals surface area contributed by atoms with E-state index in [0.29, 0.717) is 0 Å². The molecule has 0 bridgehead atoms. The fourth-order valence-corrected chi connectivity index (χ4v) is 3.36. The molecule has 0 fully saturated rings. The number of carboxylic acid groups (broad SMARTS) is 1. The molecule has 0 aromatic heterocycles. The van der Waals surface area contributed by atoms with Gasteiger partial charge in [-0.2, -0.15) is 0 Å². The Morgan fingerprint density at radius 3 is 1.72 bits per heavy atom. The van der Waals surface area contributed by atoms with E-state index >= 15 is 0 Å². The van der Waals surface area contributed by atoms with Gasteiger partial charge >= 0.3 is 5.97 Å². The van der Waals surface area contributed by atoms with Gasteiger partial charge in [0.2, 0.25) is 23.6 Å². The summed E-state index contributed by atoms with van der Waals surface area (Å²) in [7, 11) is 0. The standard InChI is InChI=1S/C25H31N5O6/c1-15(25(35)36)28-23(33)20(14-21(27)31)30-24(34)19(13-17-10-6-3-7-11-17)29-22(32)18(26)12-16-8-4-2-5-9-16/h2-11,15,18-20H,12-14,26H2,1H3,(H2,27,31)(H,28,33)(H,29,32)(H,30,34)(H,35,36). The van der Waals surface area contributed by atoms with Gasteiger partial charge in [-0.05, 0) is 24.5 Å². The molecule has 0 saturated carbocycles. The molecule has 0 heterocycles. The second-order valence-corrected chi connectivity index (χ2v) is 8.35. The third kappa shape index (κ3) is 9.18. The van der Waals surface area contributed by atoms with E-state index < -0.39 is 60.2 Å². The Labute approximate surface area is 208 Å². The summed E-state index contributed by atoms with van der Waals surface area (Å²) in [6.07, 6.45) is -0.248. The average Bonchev–Trinajstić information content (AvgIpc) is 2.83. The highest BCUT2D eigenvalue weighted by molar-refractivity contribution is 5.96. The van der Waals surface area contributed by atoms with E-state index in [1.165, 1.54) is 6.92 Å². The number of carbonyl (C=O) groups excluding carboxylic acids is 4. The zero-order valence-electron chi connectivity index (χ0n) is 19.8. The lowest BCUT2D eigenvalue weighted by Gasteiger charge is -2.24. The minimum atomic E-state index is -1.44. The predicted molar refractivity (Wildman–Crippen MR) is 131 cm³/mol. The lowest BCUT2D eigenvalue weighted by molar-refractivity contribution is -0.142. The number of amides is 4. The van der Waals surface area contributed by atoms with Gasteiger partial charge in [-0.15, -0.1) is 0 Å². The van der Waals surface area contributed by atoms with Gasteiger partial charge in [0, 0.05) is 6.42 Å². The van der Waals surface area contributed by atoms with Crippen LogP contribution in [0.3, 0.4) is 0 Å². The summed E-state index contributed by atoms with van der Waals surface area (Å²) in [6, 6.07) is 13.2. The van der Waals surface area contributed by atoms with Crippen molar-refractivity contribution < 1.29 is 29.1 Å². The highest BCUT2D eigenvalue weighted by Gasteiger charge is 2.30. The number of hydrogen-bond acceptors (Lipinski definition) is 6. The number of carbonyl (C=O) groups is 5.